The van der Waals surface area contributed by atoms with Crippen LogP contribution in [0.3, 0.4) is 0 Å². The first-order chi connectivity index (χ1) is 13.1. The topological polar surface area (TPSA) is 87.5 Å². The van der Waals surface area contributed by atoms with Gasteiger partial charge in [0, 0.05) is 51.5 Å². The molecule has 0 spiro atoms. The molecule has 0 atom stereocenters. The highest BCUT2D eigenvalue weighted by Gasteiger charge is 2.22. The van der Waals surface area contributed by atoms with Gasteiger partial charge in [0.25, 0.3) is 5.56 Å². The van der Waals surface area contributed by atoms with E-state index in [-0.39, 0.29) is 18.0 Å². The Balaban J connectivity index is 1.56. The third-order valence-corrected chi connectivity index (χ3v) is 4.75. The Morgan fingerprint density at radius 1 is 1.07 bits per heavy atom. The van der Waals surface area contributed by atoms with Crippen LogP contribution in [0, 0.1) is 0 Å². The predicted molar refractivity (Wildman–Crippen MR) is 103 cm³/mol. The Kier molecular flexibility index (Phi) is 6.00. The number of hydrogen-bond acceptors (Lipinski definition) is 7. The van der Waals surface area contributed by atoms with Gasteiger partial charge in [0.05, 0.1) is 0 Å². The number of hydrogen-bond donors (Lipinski definition) is 0. The molecule has 0 radical (unpaired) electrons. The van der Waals surface area contributed by atoms with Crippen molar-refractivity contribution in [3.63, 3.8) is 0 Å². The first kappa shape index (κ1) is 18.8. The molecule has 27 heavy (non-hydrogen) atoms. The monoisotopic (exact) mass is 371 g/mol. The van der Waals surface area contributed by atoms with Crippen LogP contribution in [0.5, 0.6) is 0 Å². The number of carbonyl (C=O) groups excluding carboxylic acids is 1. The first-order valence-electron chi connectivity index (χ1n) is 9.26. The number of piperazine rings is 1. The summed E-state index contributed by atoms with van der Waals surface area (Å²) in [5.74, 6) is 1.59. The van der Waals surface area contributed by atoms with Gasteiger partial charge in [-0.1, -0.05) is 0 Å². The predicted octanol–water partition coefficient (Wildman–Crippen LogP) is 0.228. The van der Waals surface area contributed by atoms with Crippen LogP contribution < -0.4 is 15.4 Å². The summed E-state index contributed by atoms with van der Waals surface area (Å²) in [6, 6.07) is 6.93. The summed E-state index contributed by atoms with van der Waals surface area (Å²) >= 11 is 0. The average Bonchev–Trinajstić information content (AvgIpc) is 2.71. The fraction of sp³-hybridized carbons (Fsp3) is 0.500. The summed E-state index contributed by atoms with van der Waals surface area (Å²) in [7, 11) is 0. The van der Waals surface area contributed by atoms with E-state index in [9.17, 15) is 9.59 Å². The highest BCUT2D eigenvalue weighted by Crippen LogP contribution is 2.16. The molecule has 1 aliphatic heterocycles. The molecule has 3 rings (SSSR count). The molecule has 2 aromatic rings. The van der Waals surface area contributed by atoms with Crippen molar-refractivity contribution in [1.29, 1.82) is 0 Å². The minimum absolute atomic E-state index is 0.0297. The van der Waals surface area contributed by atoms with Crippen molar-refractivity contribution in [3.05, 3.63) is 40.8 Å². The van der Waals surface area contributed by atoms with Crippen molar-refractivity contribution in [2.45, 2.75) is 20.4 Å². The normalized spacial score (nSPS) is 14.3. The van der Waals surface area contributed by atoms with Crippen LogP contribution >= 0.6 is 0 Å². The fourth-order valence-corrected chi connectivity index (χ4v) is 3.12. The van der Waals surface area contributed by atoms with E-state index in [2.05, 4.69) is 38.9 Å². The van der Waals surface area contributed by atoms with E-state index in [4.69, 9.17) is 0 Å². The number of aromatic nitrogens is 4. The maximum Gasteiger partial charge on any atom is 0.267 e. The summed E-state index contributed by atoms with van der Waals surface area (Å²) in [5.41, 5.74) is -0.270. The molecule has 0 unspecified atom stereocenters. The van der Waals surface area contributed by atoms with Crippen molar-refractivity contribution in [2.75, 3.05) is 49.1 Å². The SMILES string of the molecule is CCN(CC)c1ccc(N2CCN(C(=O)Cn3ncccc3=O)CC2)nn1. The van der Waals surface area contributed by atoms with Crippen LogP contribution in [0.15, 0.2) is 35.3 Å². The third-order valence-electron chi connectivity index (χ3n) is 4.75. The summed E-state index contributed by atoms with van der Waals surface area (Å²) in [4.78, 5) is 30.1. The van der Waals surface area contributed by atoms with Crippen LogP contribution in [-0.2, 0) is 11.3 Å². The standard InChI is InChI=1S/C18H25N7O2/c1-3-22(4-2)15-7-8-16(21-20-15)23-10-12-24(13-11-23)18(27)14-25-17(26)6-5-9-19-25/h5-9H,3-4,10-14H2,1-2H3. The second-order valence-corrected chi connectivity index (χ2v) is 6.31. The zero-order valence-corrected chi connectivity index (χ0v) is 15.8. The molecular formula is C18H25N7O2. The van der Waals surface area contributed by atoms with Crippen LogP contribution in [0.25, 0.3) is 0 Å². The molecule has 0 aromatic carbocycles. The van der Waals surface area contributed by atoms with Gasteiger partial charge in [0.2, 0.25) is 5.91 Å². The fourth-order valence-electron chi connectivity index (χ4n) is 3.12. The van der Waals surface area contributed by atoms with Crippen LogP contribution in [0.1, 0.15) is 13.8 Å². The van der Waals surface area contributed by atoms with Gasteiger partial charge in [-0.3, -0.25) is 9.59 Å². The minimum atomic E-state index is -0.270. The van der Waals surface area contributed by atoms with Gasteiger partial charge in [-0.25, -0.2) is 4.68 Å². The Morgan fingerprint density at radius 2 is 1.81 bits per heavy atom. The smallest absolute Gasteiger partial charge is 0.267 e. The molecule has 0 bridgehead atoms. The van der Waals surface area contributed by atoms with Crippen LogP contribution in [-0.4, -0.2) is 70.1 Å². The lowest BCUT2D eigenvalue weighted by atomic mass is 10.3. The molecule has 2 aromatic heterocycles. The lowest BCUT2D eigenvalue weighted by molar-refractivity contribution is -0.132. The summed E-state index contributed by atoms with van der Waals surface area (Å²) in [5, 5.41) is 12.6. The van der Waals surface area contributed by atoms with Gasteiger partial charge in [0.15, 0.2) is 11.6 Å². The highest BCUT2D eigenvalue weighted by molar-refractivity contribution is 5.76. The Hall–Kier alpha value is -2.97. The molecule has 1 amide bonds. The van der Waals surface area contributed by atoms with E-state index in [1.165, 1.54) is 16.9 Å². The minimum Gasteiger partial charge on any atom is -0.356 e. The average molecular weight is 371 g/mol. The van der Waals surface area contributed by atoms with Crippen molar-refractivity contribution in [1.82, 2.24) is 24.9 Å². The number of anilines is 2. The summed E-state index contributed by atoms with van der Waals surface area (Å²) in [6.45, 7) is 8.47. The van der Waals surface area contributed by atoms with E-state index < -0.39 is 0 Å². The lowest BCUT2D eigenvalue weighted by Crippen LogP contribution is -2.50. The van der Waals surface area contributed by atoms with Crippen LogP contribution in [0.2, 0.25) is 0 Å². The molecule has 3 heterocycles. The van der Waals surface area contributed by atoms with Gasteiger partial charge in [-0.15, -0.1) is 10.2 Å². The molecule has 144 valence electrons. The van der Waals surface area contributed by atoms with Crippen molar-refractivity contribution in [3.8, 4) is 0 Å². The third kappa shape index (κ3) is 4.42. The largest absolute Gasteiger partial charge is 0.356 e. The maximum atomic E-state index is 12.4. The molecular weight excluding hydrogens is 346 g/mol. The molecule has 9 nitrogen and oxygen atoms in total. The Bertz CT molecular complexity index is 809. The molecule has 1 fully saturated rings. The molecule has 1 aliphatic rings. The van der Waals surface area contributed by atoms with E-state index in [1.807, 2.05) is 12.1 Å². The maximum absolute atomic E-state index is 12.4. The zero-order chi connectivity index (χ0) is 19.2. The summed E-state index contributed by atoms with van der Waals surface area (Å²) in [6.07, 6.45) is 1.51. The lowest BCUT2D eigenvalue weighted by Gasteiger charge is -2.35. The molecule has 0 aliphatic carbocycles. The molecule has 0 N–H and O–H groups in total. The zero-order valence-electron chi connectivity index (χ0n) is 15.8. The number of amides is 1. The second kappa shape index (κ2) is 8.61. The number of carbonyl (C=O) groups is 1. The first-order valence-corrected chi connectivity index (χ1v) is 9.26. The van der Waals surface area contributed by atoms with Crippen molar-refractivity contribution in [2.24, 2.45) is 0 Å². The van der Waals surface area contributed by atoms with E-state index in [1.54, 1.807) is 11.0 Å². The molecule has 0 saturated carbocycles. The van der Waals surface area contributed by atoms with Crippen molar-refractivity contribution < 1.29 is 4.79 Å². The number of rotatable bonds is 6. The van der Waals surface area contributed by atoms with Gasteiger partial charge in [-0.2, -0.15) is 5.10 Å². The van der Waals surface area contributed by atoms with Gasteiger partial charge >= 0.3 is 0 Å². The van der Waals surface area contributed by atoms with E-state index in [0.717, 1.165) is 24.7 Å². The van der Waals surface area contributed by atoms with Crippen LogP contribution in [0.4, 0.5) is 11.6 Å². The second-order valence-electron chi connectivity index (χ2n) is 6.31. The van der Waals surface area contributed by atoms with Crippen molar-refractivity contribution >= 4 is 17.5 Å². The molecule has 1 saturated heterocycles. The van der Waals surface area contributed by atoms with Gasteiger partial charge in [-0.05, 0) is 32.0 Å². The highest BCUT2D eigenvalue weighted by atomic mass is 16.2. The number of nitrogens with zero attached hydrogens (tertiary/aromatic N) is 7. The Labute approximate surface area is 158 Å². The van der Waals surface area contributed by atoms with E-state index in [0.29, 0.717) is 26.2 Å². The Morgan fingerprint density at radius 3 is 2.41 bits per heavy atom. The van der Waals surface area contributed by atoms with Gasteiger partial charge < -0.3 is 14.7 Å². The van der Waals surface area contributed by atoms with Gasteiger partial charge in [0.1, 0.15) is 6.54 Å². The molecule has 9 heteroatoms. The quantitative estimate of drug-likeness (QED) is 0.718. The summed E-state index contributed by atoms with van der Waals surface area (Å²) < 4.78 is 1.19. The van der Waals surface area contributed by atoms with E-state index >= 15 is 0 Å².